The maximum atomic E-state index is 12.6. The van der Waals surface area contributed by atoms with Gasteiger partial charge in [-0.2, -0.15) is 0 Å². The van der Waals surface area contributed by atoms with Gasteiger partial charge in [-0.15, -0.1) is 0 Å². The molecule has 2 aromatic carbocycles. The molecule has 1 atom stereocenters. The molecular weight excluding hydrogens is 402 g/mol. The first kappa shape index (κ1) is 20.7. The number of aliphatic hydroxyl groups excluding tert-OH is 1. The molecule has 1 N–H and O–H groups in total. The quantitative estimate of drug-likeness (QED) is 0.440. The number of nitrogens with zero attached hydrogens (tertiary/aromatic N) is 3. The van der Waals surface area contributed by atoms with Gasteiger partial charge >= 0.3 is 0 Å². The van der Waals surface area contributed by atoms with Gasteiger partial charge in [-0.3, -0.25) is 19.5 Å². The lowest BCUT2D eigenvalue weighted by Gasteiger charge is -2.14. The van der Waals surface area contributed by atoms with E-state index in [2.05, 4.69) is 4.98 Å². The van der Waals surface area contributed by atoms with Crippen molar-refractivity contribution in [2.24, 2.45) is 0 Å². The molecule has 0 aliphatic rings. The van der Waals surface area contributed by atoms with Gasteiger partial charge in [0.25, 0.3) is 11.2 Å². The first-order chi connectivity index (χ1) is 13.9. The number of para-hydroxylation sites is 1. The largest absolute Gasteiger partial charge is 0.496 e. The van der Waals surface area contributed by atoms with E-state index in [9.17, 15) is 20.0 Å². The fourth-order valence-electron chi connectivity index (χ4n) is 2.85. The van der Waals surface area contributed by atoms with Crippen LogP contribution in [0.25, 0.3) is 10.9 Å². The Hall–Kier alpha value is -3.01. The highest BCUT2D eigenvalue weighted by molar-refractivity contribution is 6.33. The maximum absolute atomic E-state index is 12.6. The van der Waals surface area contributed by atoms with Crippen LogP contribution in [0, 0.1) is 10.1 Å². The van der Waals surface area contributed by atoms with E-state index < -0.39 is 16.6 Å². The number of aromatic nitrogens is 2. The van der Waals surface area contributed by atoms with Crippen LogP contribution in [0.15, 0.2) is 47.5 Å². The second-order valence-corrected chi connectivity index (χ2v) is 6.67. The zero-order valence-corrected chi connectivity index (χ0v) is 16.2. The van der Waals surface area contributed by atoms with E-state index in [1.807, 2.05) is 18.2 Å². The molecule has 3 rings (SSSR count). The zero-order valence-electron chi connectivity index (χ0n) is 15.4. The Labute approximate surface area is 170 Å². The van der Waals surface area contributed by atoms with Gasteiger partial charge in [-0.1, -0.05) is 29.8 Å². The van der Waals surface area contributed by atoms with E-state index in [4.69, 9.17) is 21.1 Å². The summed E-state index contributed by atoms with van der Waals surface area (Å²) in [5.74, 6) is 0.678. The highest BCUT2D eigenvalue weighted by Crippen LogP contribution is 2.27. The molecule has 3 aromatic rings. The summed E-state index contributed by atoms with van der Waals surface area (Å²) in [6, 6.07) is 9.71. The van der Waals surface area contributed by atoms with Crippen LogP contribution in [0.5, 0.6) is 5.75 Å². The van der Waals surface area contributed by atoms with Crippen LogP contribution in [-0.4, -0.2) is 39.4 Å². The summed E-state index contributed by atoms with van der Waals surface area (Å²) in [6.07, 6.45) is 0.278. The number of rotatable bonds is 8. The van der Waals surface area contributed by atoms with Gasteiger partial charge in [0.1, 0.15) is 10.8 Å². The van der Waals surface area contributed by atoms with Crippen molar-refractivity contribution in [2.45, 2.75) is 19.3 Å². The summed E-state index contributed by atoms with van der Waals surface area (Å²) in [5, 5.41) is 21.2. The highest BCUT2D eigenvalue weighted by Gasteiger charge is 2.17. The topological polar surface area (TPSA) is 117 Å². The number of halogens is 1. The van der Waals surface area contributed by atoms with E-state index in [0.29, 0.717) is 5.75 Å². The van der Waals surface area contributed by atoms with Gasteiger partial charge < -0.3 is 14.6 Å². The molecule has 0 aliphatic heterocycles. The molecule has 0 radical (unpaired) electrons. The minimum absolute atomic E-state index is 0.0245. The van der Waals surface area contributed by atoms with Gasteiger partial charge in [0.15, 0.2) is 0 Å². The molecule has 152 valence electrons. The summed E-state index contributed by atoms with van der Waals surface area (Å²) in [6.45, 7) is 0.129. The molecular formula is C19H18ClN3O6. The van der Waals surface area contributed by atoms with Crippen molar-refractivity contribution in [2.75, 3.05) is 13.7 Å². The number of fused-ring (bicyclic) bond motifs is 1. The molecule has 0 bridgehead atoms. The van der Waals surface area contributed by atoms with Crippen molar-refractivity contribution in [3.05, 3.63) is 73.8 Å². The molecule has 29 heavy (non-hydrogen) atoms. The van der Waals surface area contributed by atoms with E-state index in [0.717, 1.165) is 11.6 Å². The van der Waals surface area contributed by atoms with Crippen LogP contribution in [-0.2, 0) is 17.9 Å². The van der Waals surface area contributed by atoms with Crippen molar-refractivity contribution >= 4 is 28.2 Å². The van der Waals surface area contributed by atoms with E-state index >= 15 is 0 Å². The molecule has 0 saturated carbocycles. The van der Waals surface area contributed by atoms with Crippen molar-refractivity contribution in [3.8, 4) is 5.75 Å². The average Bonchev–Trinajstić information content (AvgIpc) is 2.70. The van der Waals surface area contributed by atoms with E-state index in [-0.39, 0.29) is 41.4 Å². The first-order valence-electron chi connectivity index (χ1n) is 8.61. The predicted molar refractivity (Wildman–Crippen MR) is 106 cm³/mol. The third-order valence-corrected chi connectivity index (χ3v) is 4.56. The molecule has 0 aliphatic carbocycles. The van der Waals surface area contributed by atoms with Crippen LogP contribution in [0.4, 0.5) is 5.69 Å². The molecule has 9 nitrogen and oxygen atoms in total. The van der Waals surface area contributed by atoms with Crippen molar-refractivity contribution < 1.29 is 19.5 Å². The van der Waals surface area contributed by atoms with E-state index in [1.54, 1.807) is 13.2 Å². The van der Waals surface area contributed by atoms with Gasteiger partial charge in [0.05, 0.1) is 55.1 Å². The standard InChI is InChI=1S/C19H18ClN3O6/c1-28-18-5-3-2-4-12(18)9-29-10-13(24)8-22-11-21-16-7-15(20)17(23(26)27)6-14(16)19(22)25/h2-7,11,13,24H,8-10H2,1H3. The first-order valence-corrected chi connectivity index (χ1v) is 8.99. The predicted octanol–water partition coefficient (Wildman–Crippen LogP) is 2.54. The molecule has 0 spiro atoms. The van der Waals surface area contributed by atoms with Crippen LogP contribution in [0.1, 0.15) is 5.56 Å². The Bertz CT molecular complexity index is 1100. The SMILES string of the molecule is COc1ccccc1COCC(O)Cn1cnc2cc(Cl)c([N+](=O)[O-])cc2c1=O. The van der Waals surface area contributed by atoms with Crippen LogP contribution in [0.3, 0.4) is 0 Å². The Kier molecular flexibility index (Phi) is 6.42. The Balaban J connectivity index is 1.70. The molecule has 0 fully saturated rings. The Morgan fingerprint density at radius 2 is 2.10 bits per heavy atom. The summed E-state index contributed by atoms with van der Waals surface area (Å²) < 4.78 is 11.9. The lowest BCUT2D eigenvalue weighted by Crippen LogP contribution is -2.29. The molecule has 0 amide bonds. The summed E-state index contributed by atoms with van der Waals surface area (Å²) in [7, 11) is 1.56. The molecule has 10 heteroatoms. The highest BCUT2D eigenvalue weighted by atomic mass is 35.5. The number of ether oxygens (including phenoxy) is 2. The number of methoxy groups -OCH3 is 1. The third kappa shape index (κ3) is 4.70. The number of benzene rings is 2. The lowest BCUT2D eigenvalue weighted by molar-refractivity contribution is -0.384. The lowest BCUT2D eigenvalue weighted by atomic mass is 10.2. The molecule has 1 unspecified atom stereocenters. The molecule has 1 aromatic heterocycles. The number of hydrogen-bond donors (Lipinski definition) is 1. The zero-order chi connectivity index (χ0) is 21.0. The van der Waals surface area contributed by atoms with Crippen LogP contribution >= 0.6 is 11.6 Å². The number of nitro benzene ring substituents is 1. The summed E-state index contributed by atoms with van der Waals surface area (Å²) >= 11 is 5.85. The average molecular weight is 420 g/mol. The fourth-order valence-corrected chi connectivity index (χ4v) is 3.07. The number of nitro groups is 1. The number of aliphatic hydroxyl groups is 1. The molecule has 0 saturated heterocycles. The van der Waals surface area contributed by atoms with Gasteiger partial charge in [0.2, 0.25) is 0 Å². The van der Waals surface area contributed by atoms with Gasteiger partial charge in [-0.25, -0.2) is 4.98 Å². The minimum atomic E-state index is -0.982. The normalized spacial score (nSPS) is 12.1. The van der Waals surface area contributed by atoms with E-state index in [1.165, 1.54) is 17.0 Å². The monoisotopic (exact) mass is 419 g/mol. The summed E-state index contributed by atoms with van der Waals surface area (Å²) in [5.41, 5.74) is 0.176. The second-order valence-electron chi connectivity index (χ2n) is 6.26. The number of hydrogen-bond acceptors (Lipinski definition) is 7. The van der Waals surface area contributed by atoms with Crippen molar-refractivity contribution in [1.29, 1.82) is 0 Å². The van der Waals surface area contributed by atoms with Crippen LogP contribution in [0.2, 0.25) is 5.02 Å². The smallest absolute Gasteiger partial charge is 0.288 e. The Morgan fingerprint density at radius 1 is 1.34 bits per heavy atom. The minimum Gasteiger partial charge on any atom is -0.496 e. The third-order valence-electron chi connectivity index (χ3n) is 4.26. The summed E-state index contributed by atoms with van der Waals surface area (Å²) in [4.78, 5) is 27.1. The fraction of sp³-hybridized carbons (Fsp3) is 0.263. The van der Waals surface area contributed by atoms with Gasteiger partial charge in [0, 0.05) is 11.6 Å². The maximum Gasteiger partial charge on any atom is 0.288 e. The van der Waals surface area contributed by atoms with Crippen molar-refractivity contribution in [3.63, 3.8) is 0 Å². The van der Waals surface area contributed by atoms with Crippen molar-refractivity contribution in [1.82, 2.24) is 9.55 Å². The second kappa shape index (κ2) is 8.99. The van der Waals surface area contributed by atoms with Gasteiger partial charge in [-0.05, 0) is 12.1 Å². The molecule has 1 heterocycles. The van der Waals surface area contributed by atoms with Crippen LogP contribution < -0.4 is 10.3 Å². The Morgan fingerprint density at radius 3 is 2.83 bits per heavy atom.